The summed E-state index contributed by atoms with van der Waals surface area (Å²) in [6, 6.07) is 6.12. The van der Waals surface area contributed by atoms with Crippen LogP contribution in [0.3, 0.4) is 0 Å². The summed E-state index contributed by atoms with van der Waals surface area (Å²) in [6.45, 7) is 3.97. The first kappa shape index (κ1) is 14.7. The molecule has 21 heavy (non-hydrogen) atoms. The van der Waals surface area contributed by atoms with Crippen molar-refractivity contribution in [3.05, 3.63) is 57.4 Å². The van der Waals surface area contributed by atoms with Crippen molar-refractivity contribution in [1.82, 2.24) is 15.5 Å². The first-order valence-corrected chi connectivity index (χ1v) is 6.50. The molecule has 2 rings (SSSR count). The average molecular weight is 288 g/mol. The molecule has 0 aliphatic carbocycles. The van der Waals surface area contributed by atoms with Gasteiger partial charge in [-0.25, -0.2) is 0 Å². The largest absolute Gasteiger partial charge is 0.351 e. The van der Waals surface area contributed by atoms with Crippen LogP contribution in [0.2, 0.25) is 0 Å². The van der Waals surface area contributed by atoms with E-state index in [2.05, 4.69) is 15.5 Å². The van der Waals surface area contributed by atoms with Crippen molar-refractivity contribution in [3.63, 3.8) is 0 Å². The molecular weight excluding hydrogens is 272 g/mol. The SMILES string of the molecule is Cc1[nH]ncc1CNC(=O)C(C)c1cccc([N+](=O)[O-])c1. The maximum Gasteiger partial charge on any atom is 0.269 e. The lowest BCUT2D eigenvalue weighted by atomic mass is 10.00. The monoisotopic (exact) mass is 288 g/mol. The third-order valence-corrected chi connectivity index (χ3v) is 3.36. The van der Waals surface area contributed by atoms with Crippen molar-refractivity contribution >= 4 is 11.6 Å². The van der Waals surface area contributed by atoms with E-state index in [-0.39, 0.29) is 11.6 Å². The summed E-state index contributed by atoms with van der Waals surface area (Å²) in [6.07, 6.45) is 1.66. The highest BCUT2D eigenvalue weighted by atomic mass is 16.6. The zero-order valence-electron chi connectivity index (χ0n) is 11.8. The highest BCUT2D eigenvalue weighted by molar-refractivity contribution is 5.83. The number of H-pyrrole nitrogens is 1. The maximum absolute atomic E-state index is 12.1. The van der Waals surface area contributed by atoms with Crippen LogP contribution in [0, 0.1) is 17.0 Å². The Morgan fingerprint density at radius 2 is 2.29 bits per heavy atom. The van der Waals surface area contributed by atoms with E-state index in [0.717, 1.165) is 11.3 Å². The molecule has 7 nitrogen and oxygen atoms in total. The van der Waals surface area contributed by atoms with Crippen LogP contribution in [-0.4, -0.2) is 21.0 Å². The number of rotatable bonds is 5. The van der Waals surface area contributed by atoms with Gasteiger partial charge in [-0.15, -0.1) is 0 Å². The van der Waals surface area contributed by atoms with Crippen LogP contribution < -0.4 is 5.32 Å². The molecule has 0 saturated heterocycles. The number of nitro benzene ring substituents is 1. The molecule has 0 spiro atoms. The molecule has 1 amide bonds. The minimum Gasteiger partial charge on any atom is -0.351 e. The van der Waals surface area contributed by atoms with Crippen molar-refractivity contribution in [2.24, 2.45) is 0 Å². The maximum atomic E-state index is 12.1. The van der Waals surface area contributed by atoms with Crippen molar-refractivity contribution in [1.29, 1.82) is 0 Å². The van der Waals surface area contributed by atoms with Crippen molar-refractivity contribution in [3.8, 4) is 0 Å². The number of non-ortho nitro benzene ring substituents is 1. The molecule has 1 aromatic heterocycles. The van der Waals surface area contributed by atoms with Crippen LogP contribution >= 0.6 is 0 Å². The fourth-order valence-electron chi connectivity index (χ4n) is 1.95. The summed E-state index contributed by atoms with van der Waals surface area (Å²) >= 11 is 0. The lowest BCUT2D eigenvalue weighted by molar-refractivity contribution is -0.384. The molecule has 0 aliphatic heterocycles. The molecule has 0 bridgehead atoms. The van der Waals surface area contributed by atoms with Crippen LogP contribution in [-0.2, 0) is 11.3 Å². The van der Waals surface area contributed by atoms with Crippen molar-refractivity contribution < 1.29 is 9.72 Å². The van der Waals surface area contributed by atoms with Gasteiger partial charge in [0.25, 0.3) is 5.69 Å². The standard InChI is InChI=1S/C14H16N4O3/c1-9(11-4-3-5-13(6-11)18(20)21)14(19)15-7-12-8-16-17-10(12)2/h3-6,8-9H,7H2,1-2H3,(H,15,19)(H,16,17). The van der Waals surface area contributed by atoms with Crippen LogP contribution in [0.5, 0.6) is 0 Å². The number of benzene rings is 1. The summed E-state index contributed by atoms with van der Waals surface area (Å²) in [5.74, 6) is -0.645. The Hall–Kier alpha value is -2.70. The van der Waals surface area contributed by atoms with E-state index in [1.807, 2.05) is 6.92 Å². The molecule has 0 radical (unpaired) electrons. The van der Waals surface area contributed by atoms with E-state index in [0.29, 0.717) is 12.1 Å². The third-order valence-electron chi connectivity index (χ3n) is 3.36. The molecule has 7 heteroatoms. The number of aromatic nitrogens is 2. The Morgan fingerprint density at radius 3 is 2.90 bits per heavy atom. The number of carbonyl (C=O) groups excluding carboxylic acids is 1. The van der Waals surface area contributed by atoms with E-state index >= 15 is 0 Å². The Morgan fingerprint density at radius 1 is 1.52 bits per heavy atom. The molecule has 2 aromatic rings. The van der Waals surface area contributed by atoms with Gasteiger partial charge in [0.15, 0.2) is 0 Å². The average Bonchev–Trinajstić information content (AvgIpc) is 2.89. The minimum atomic E-state index is -0.469. The first-order chi connectivity index (χ1) is 9.99. The predicted octanol–water partition coefficient (Wildman–Crippen LogP) is 2.05. The van der Waals surface area contributed by atoms with Gasteiger partial charge >= 0.3 is 0 Å². The Kier molecular flexibility index (Phi) is 4.32. The number of amides is 1. The number of hydrogen-bond acceptors (Lipinski definition) is 4. The number of hydrogen-bond donors (Lipinski definition) is 2. The number of aryl methyl sites for hydroxylation is 1. The van der Waals surface area contributed by atoms with Crippen molar-refractivity contribution in [2.45, 2.75) is 26.3 Å². The fourth-order valence-corrected chi connectivity index (χ4v) is 1.95. The molecule has 1 heterocycles. The highest BCUT2D eigenvalue weighted by Gasteiger charge is 2.17. The molecule has 0 saturated carbocycles. The van der Waals surface area contributed by atoms with E-state index in [1.165, 1.54) is 12.1 Å². The highest BCUT2D eigenvalue weighted by Crippen LogP contribution is 2.21. The van der Waals surface area contributed by atoms with E-state index in [9.17, 15) is 14.9 Å². The normalized spacial score (nSPS) is 11.9. The number of nitro groups is 1. The topological polar surface area (TPSA) is 101 Å². The Balaban J connectivity index is 2.03. The van der Waals surface area contributed by atoms with Crippen molar-refractivity contribution in [2.75, 3.05) is 0 Å². The van der Waals surface area contributed by atoms with Crippen LogP contribution in [0.15, 0.2) is 30.5 Å². The third kappa shape index (κ3) is 3.44. The predicted molar refractivity (Wildman–Crippen MR) is 76.7 cm³/mol. The zero-order chi connectivity index (χ0) is 15.4. The van der Waals surface area contributed by atoms with Gasteiger partial charge in [0.2, 0.25) is 5.91 Å². The molecule has 110 valence electrons. The lowest BCUT2D eigenvalue weighted by Gasteiger charge is -2.12. The Bertz CT molecular complexity index is 666. The molecular formula is C14H16N4O3. The summed E-state index contributed by atoms with van der Waals surface area (Å²) in [5, 5.41) is 20.2. The van der Waals surface area contributed by atoms with Gasteiger partial charge < -0.3 is 5.32 Å². The zero-order valence-corrected chi connectivity index (χ0v) is 11.8. The summed E-state index contributed by atoms with van der Waals surface area (Å²) in [7, 11) is 0. The van der Waals surface area contributed by atoms with Gasteiger partial charge in [0, 0.05) is 29.9 Å². The second-order valence-electron chi connectivity index (χ2n) is 4.81. The van der Waals surface area contributed by atoms with Gasteiger partial charge in [-0.05, 0) is 19.4 Å². The van der Waals surface area contributed by atoms with Gasteiger partial charge in [0.05, 0.1) is 17.0 Å². The number of carbonyl (C=O) groups is 1. The summed E-state index contributed by atoms with van der Waals surface area (Å²) in [4.78, 5) is 22.4. The van der Waals surface area contributed by atoms with Crippen LogP contribution in [0.1, 0.15) is 29.7 Å². The molecule has 1 unspecified atom stereocenters. The van der Waals surface area contributed by atoms with Gasteiger partial charge in [-0.1, -0.05) is 12.1 Å². The second-order valence-corrected chi connectivity index (χ2v) is 4.81. The summed E-state index contributed by atoms with van der Waals surface area (Å²) < 4.78 is 0. The lowest BCUT2D eigenvalue weighted by Crippen LogP contribution is -2.27. The molecule has 0 aliphatic rings. The van der Waals surface area contributed by atoms with E-state index in [1.54, 1.807) is 25.3 Å². The van der Waals surface area contributed by atoms with Gasteiger partial charge in [-0.3, -0.25) is 20.0 Å². The van der Waals surface area contributed by atoms with Gasteiger partial charge in [-0.2, -0.15) is 5.10 Å². The first-order valence-electron chi connectivity index (χ1n) is 6.50. The molecule has 2 N–H and O–H groups in total. The number of nitrogens with one attached hydrogen (secondary N) is 2. The quantitative estimate of drug-likeness (QED) is 0.649. The molecule has 0 fully saturated rings. The minimum absolute atomic E-state index is 0.0159. The summed E-state index contributed by atoms with van der Waals surface area (Å²) in [5.41, 5.74) is 2.41. The van der Waals surface area contributed by atoms with E-state index in [4.69, 9.17) is 0 Å². The van der Waals surface area contributed by atoms with Crippen LogP contribution in [0.25, 0.3) is 0 Å². The van der Waals surface area contributed by atoms with E-state index < -0.39 is 10.8 Å². The fraction of sp³-hybridized carbons (Fsp3) is 0.286. The number of nitrogens with zero attached hydrogens (tertiary/aromatic N) is 2. The van der Waals surface area contributed by atoms with Gasteiger partial charge in [0.1, 0.15) is 0 Å². The molecule has 1 atom stereocenters. The van der Waals surface area contributed by atoms with Crippen LogP contribution in [0.4, 0.5) is 5.69 Å². The molecule has 1 aromatic carbocycles. The number of aromatic amines is 1. The second kappa shape index (κ2) is 6.17. The smallest absolute Gasteiger partial charge is 0.269 e. The Labute approximate surface area is 121 Å².